The SMILES string of the molecule is Cc1cc(C)c(S(=O)(=O)N2CCC(CCS(=O)(=O)N3CCN(c4ccncc4)CC3)C2)c(C)c1. The lowest BCUT2D eigenvalue weighted by Crippen LogP contribution is -2.49. The van der Waals surface area contributed by atoms with Crippen LogP contribution in [0.2, 0.25) is 0 Å². The Bertz CT molecular complexity index is 1200. The van der Waals surface area contributed by atoms with E-state index in [0.717, 1.165) is 22.4 Å². The molecule has 0 amide bonds. The monoisotopic (exact) mass is 506 g/mol. The molecule has 0 bridgehead atoms. The van der Waals surface area contributed by atoms with Crippen LogP contribution in [0, 0.1) is 26.7 Å². The Morgan fingerprint density at radius 2 is 1.50 bits per heavy atom. The lowest BCUT2D eigenvalue weighted by Gasteiger charge is -2.35. The van der Waals surface area contributed by atoms with Gasteiger partial charge in [0.15, 0.2) is 0 Å². The summed E-state index contributed by atoms with van der Waals surface area (Å²) >= 11 is 0. The van der Waals surface area contributed by atoms with Crippen molar-refractivity contribution in [1.29, 1.82) is 0 Å². The molecule has 10 heteroatoms. The Labute approximate surface area is 203 Å². The number of anilines is 1. The van der Waals surface area contributed by atoms with Crippen LogP contribution in [0.15, 0.2) is 41.6 Å². The van der Waals surface area contributed by atoms with E-state index in [4.69, 9.17) is 0 Å². The van der Waals surface area contributed by atoms with Crippen molar-refractivity contribution in [3.05, 3.63) is 53.3 Å². The summed E-state index contributed by atoms with van der Waals surface area (Å²) in [6.45, 7) is 8.65. The average molecular weight is 507 g/mol. The summed E-state index contributed by atoms with van der Waals surface area (Å²) in [5.41, 5.74) is 3.61. The Kier molecular flexibility index (Phi) is 7.33. The molecule has 0 radical (unpaired) electrons. The smallest absolute Gasteiger partial charge is 0.243 e. The van der Waals surface area contributed by atoms with E-state index in [-0.39, 0.29) is 11.7 Å². The van der Waals surface area contributed by atoms with Crippen LogP contribution >= 0.6 is 0 Å². The molecule has 186 valence electrons. The molecule has 1 aromatic carbocycles. The molecule has 2 fully saturated rings. The summed E-state index contributed by atoms with van der Waals surface area (Å²) in [5, 5.41) is 0. The molecule has 0 N–H and O–H groups in total. The van der Waals surface area contributed by atoms with E-state index < -0.39 is 20.0 Å². The van der Waals surface area contributed by atoms with Gasteiger partial charge in [0, 0.05) is 57.3 Å². The van der Waals surface area contributed by atoms with Crippen molar-refractivity contribution in [2.45, 2.75) is 38.5 Å². The number of aromatic nitrogens is 1. The van der Waals surface area contributed by atoms with E-state index in [1.54, 1.807) is 16.7 Å². The summed E-state index contributed by atoms with van der Waals surface area (Å²) in [7, 11) is -6.97. The Morgan fingerprint density at radius 1 is 0.882 bits per heavy atom. The second kappa shape index (κ2) is 9.93. The molecule has 0 spiro atoms. The van der Waals surface area contributed by atoms with Crippen LogP contribution in [-0.4, -0.2) is 75.5 Å². The van der Waals surface area contributed by atoms with Crippen molar-refractivity contribution in [2.75, 3.05) is 49.9 Å². The third-order valence-electron chi connectivity index (χ3n) is 6.90. The van der Waals surface area contributed by atoms with Gasteiger partial charge in [-0.2, -0.15) is 8.61 Å². The number of rotatable bonds is 7. The van der Waals surface area contributed by atoms with Crippen molar-refractivity contribution < 1.29 is 16.8 Å². The minimum Gasteiger partial charge on any atom is -0.369 e. The second-order valence-corrected chi connectivity index (χ2v) is 13.4. The first-order valence-corrected chi connectivity index (χ1v) is 14.8. The zero-order valence-corrected chi connectivity index (χ0v) is 21.8. The molecule has 1 aromatic heterocycles. The third-order valence-corrected chi connectivity index (χ3v) is 11.0. The van der Waals surface area contributed by atoms with Crippen LogP contribution in [0.25, 0.3) is 0 Å². The number of sulfonamides is 2. The first kappa shape index (κ1) is 25.1. The third kappa shape index (κ3) is 5.30. The molecule has 2 aromatic rings. The Morgan fingerprint density at radius 3 is 2.12 bits per heavy atom. The lowest BCUT2D eigenvalue weighted by atomic mass is 10.1. The number of nitrogens with zero attached hydrogens (tertiary/aromatic N) is 4. The molecule has 34 heavy (non-hydrogen) atoms. The molecule has 1 unspecified atom stereocenters. The molecule has 0 aliphatic carbocycles. The van der Waals surface area contributed by atoms with Crippen LogP contribution in [0.5, 0.6) is 0 Å². The molecule has 2 aliphatic heterocycles. The molecule has 2 aliphatic rings. The fourth-order valence-electron chi connectivity index (χ4n) is 5.18. The summed E-state index contributed by atoms with van der Waals surface area (Å²) in [4.78, 5) is 6.59. The normalized spacial score (nSPS) is 20.7. The minimum absolute atomic E-state index is 0.0497. The zero-order chi connectivity index (χ0) is 24.5. The maximum absolute atomic E-state index is 13.3. The van der Waals surface area contributed by atoms with Gasteiger partial charge < -0.3 is 4.90 Å². The number of hydrogen-bond donors (Lipinski definition) is 0. The molecule has 4 rings (SSSR count). The lowest BCUT2D eigenvalue weighted by molar-refractivity contribution is 0.381. The van der Waals surface area contributed by atoms with E-state index in [2.05, 4.69) is 9.88 Å². The summed E-state index contributed by atoms with van der Waals surface area (Å²) in [6.07, 6.45) is 4.65. The number of benzene rings is 1. The van der Waals surface area contributed by atoms with Crippen LogP contribution in [0.4, 0.5) is 5.69 Å². The highest BCUT2D eigenvalue weighted by Crippen LogP contribution is 2.30. The molecular formula is C24H34N4O4S2. The molecule has 2 saturated heterocycles. The van der Waals surface area contributed by atoms with Gasteiger partial charge in [0.2, 0.25) is 20.0 Å². The summed E-state index contributed by atoms with van der Waals surface area (Å²) in [5.74, 6) is 0.109. The van der Waals surface area contributed by atoms with Gasteiger partial charge in [-0.3, -0.25) is 4.98 Å². The number of aryl methyl sites for hydroxylation is 3. The molecule has 3 heterocycles. The minimum atomic E-state index is -3.59. The Hall–Kier alpha value is -2.01. The van der Waals surface area contributed by atoms with Crippen LogP contribution in [0.1, 0.15) is 29.5 Å². The van der Waals surface area contributed by atoms with Crippen molar-refractivity contribution in [1.82, 2.24) is 13.6 Å². The molecule has 8 nitrogen and oxygen atoms in total. The predicted octanol–water partition coefficient (Wildman–Crippen LogP) is 2.56. The fourth-order valence-corrected chi connectivity index (χ4v) is 8.73. The Balaban J connectivity index is 1.33. The van der Waals surface area contributed by atoms with Crippen LogP contribution in [-0.2, 0) is 20.0 Å². The van der Waals surface area contributed by atoms with Gasteiger partial charge in [-0.25, -0.2) is 16.8 Å². The first-order chi connectivity index (χ1) is 16.1. The molecular weight excluding hydrogens is 472 g/mol. The maximum Gasteiger partial charge on any atom is 0.243 e. The number of piperazine rings is 1. The highest BCUT2D eigenvalue weighted by atomic mass is 32.2. The van der Waals surface area contributed by atoms with Gasteiger partial charge in [0.1, 0.15) is 0 Å². The van der Waals surface area contributed by atoms with Gasteiger partial charge in [-0.1, -0.05) is 17.7 Å². The van der Waals surface area contributed by atoms with Crippen molar-refractivity contribution in [3.8, 4) is 0 Å². The first-order valence-electron chi connectivity index (χ1n) is 11.8. The largest absolute Gasteiger partial charge is 0.369 e. The molecule has 0 saturated carbocycles. The van der Waals surface area contributed by atoms with Gasteiger partial charge in [-0.05, 0) is 62.8 Å². The fraction of sp³-hybridized carbons (Fsp3) is 0.542. The number of pyridine rings is 1. The highest BCUT2D eigenvalue weighted by Gasteiger charge is 2.35. The summed E-state index contributed by atoms with van der Waals surface area (Å²) < 4.78 is 55.7. The quantitative estimate of drug-likeness (QED) is 0.573. The second-order valence-electron chi connectivity index (χ2n) is 9.44. The zero-order valence-electron chi connectivity index (χ0n) is 20.1. The predicted molar refractivity (Wildman–Crippen MR) is 134 cm³/mol. The number of hydrogen-bond acceptors (Lipinski definition) is 6. The van der Waals surface area contributed by atoms with Gasteiger partial charge in [0.05, 0.1) is 10.6 Å². The maximum atomic E-state index is 13.3. The molecule has 1 atom stereocenters. The van der Waals surface area contributed by atoms with Crippen LogP contribution < -0.4 is 4.90 Å². The van der Waals surface area contributed by atoms with E-state index in [1.807, 2.05) is 45.0 Å². The van der Waals surface area contributed by atoms with Gasteiger partial charge in [-0.15, -0.1) is 0 Å². The average Bonchev–Trinajstić information content (AvgIpc) is 3.28. The highest BCUT2D eigenvalue weighted by molar-refractivity contribution is 7.89. The van der Waals surface area contributed by atoms with Crippen molar-refractivity contribution in [3.63, 3.8) is 0 Å². The summed E-state index contributed by atoms with van der Waals surface area (Å²) in [6, 6.07) is 7.66. The van der Waals surface area contributed by atoms with Gasteiger partial charge in [0.25, 0.3) is 0 Å². The standard InChI is InChI=1S/C24H34N4O4S2/c1-19-16-20(2)24(21(3)17-19)34(31,32)28-10-6-22(18-28)7-15-33(29,30)27-13-11-26(12-14-27)23-4-8-25-9-5-23/h4-5,8-9,16-17,22H,6-7,10-15,18H2,1-3H3. The van der Waals surface area contributed by atoms with Crippen LogP contribution in [0.3, 0.4) is 0 Å². The van der Waals surface area contributed by atoms with E-state index >= 15 is 0 Å². The van der Waals surface area contributed by atoms with Gasteiger partial charge >= 0.3 is 0 Å². The van der Waals surface area contributed by atoms with Crippen molar-refractivity contribution in [2.24, 2.45) is 5.92 Å². The topological polar surface area (TPSA) is 90.9 Å². The van der Waals surface area contributed by atoms with E-state index in [9.17, 15) is 16.8 Å². The van der Waals surface area contributed by atoms with E-state index in [0.29, 0.717) is 57.0 Å². The van der Waals surface area contributed by atoms with Crippen molar-refractivity contribution >= 4 is 25.7 Å². The van der Waals surface area contributed by atoms with E-state index in [1.165, 1.54) is 4.31 Å².